The highest BCUT2D eigenvalue weighted by Gasteiger charge is 2.32. The summed E-state index contributed by atoms with van der Waals surface area (Å²) < 4.78 is 37.2. The molecule has 1 amide bonds. The summed E-state index contributed by atoms with van der Waals surface area (Å²) in [6.45, 7) is 0. The van der Waals surface area contributed by atoms with Gasteiger partial charge in [-0.1, -0.05) is 0 Å². The lowest BCUT2D eigenvalue weighted by atomic mass is 10.3. The van der Waals surface area contributed by atoms with Crippen LogP contribution in [0.4, 0.5) is 30.4 Å². The normalized spacial score (nSPS) is 11.2. The number of nitrogen functional groups attached to an aromatic ring is 1. The molecule has 5 N–H and O–H groups in total. The van der Waals surface area contributed by atoms with Gasteiger partial charge in [0.2, 0.25) is 0 Å². The Hall–Kier alpha value is -2.84. The van der Waals surface area contributed by atoms with Gasteiger partial charge >= 0.3 is 6.18 Å². The molecule has 0 aromatic carbocycles. The highest BCUT2D eigenvalue weighted by atomic mass is 19.4. The molecule has 0 aliphatic carbocycles. The van der Waals surface area contributed by atoms with E-state index >= 15 is 0 Å². The Morgan fingerprint density at radius 2 is 1.90 bits per heavy atom. The SMILES string of the molecule is NC(=O)c1ccc(N)c(Nc2ccc(C(F)(F)F)nc2)n1. The number of halogens is 3. The monoisotopic (exact) mass is 297 g/mol. The largest absolute Gasteiger partial charge is 0.433 e. The van der Waals surface area contributed by atoms with Crippen LogP contribution in [0.1, 0.15) is 16.2 Å². The van der Waals surface area contributed by atoms with Crippen molar-refractivity contribution in [2.75, 3.05) is 11.1 Å². The smallest absolute Gasteiger partial charge is 0.396 e. The third kappa shape index (κ3) is 3.38. The predicted octanol–water partition coefficient (Wildman–Crippen LogP) is 1.92. The molecule has 2 aromatic heterocycles. The maximum Gasteiger partial charge on any atom is 0.433 e. The van der Waals surface area contributed by atoms with Crippen molar-refractivity contribution >= 4 is 23.1 Å². The average molecular weight is 297 g/mol. The highest BCUT2D eigenvalue weighted by Crippen LogP contribution is 2.28. The standard InChI is InChI=1S/C12H10F3N5O/c13-12(14,15)9-4-1-6(5-18-9)19-11-7(16)2-3-8(20-11)10(17)21/h1-5H,16H2,(H2,17,21)(H,19,20). The van der Waals surface area contributed by atoms with Gasteiger partial charge in [0.15, 0.2) is 5.82 Å². The molecule has 21 heavy (non-hydrogen) atoms. The molecule has 0 aliphatic heterocycles. The number of nitrogens with one attached hydrogen (secondary N) is 1. The number of rotatable bonds is 3. The minimum Gasteiger partial charge on any atom is -0.396 e. The summed E-state index contributed by atoms with van der Waals surface area (Å²) in [5.41, 5.74) is 10.2. The number of aromatic nitrogens is 2. The molecular weight excluding hydrogens is 287 g/mol. The van der Waals surface area contributed by atoms with E-state index in [1.54, 1.807) is 0 Å². The Bertz CT molecular complexity index is 670. The molecule has 9 heteroatoms. The van der Waals surface area contributed by atoms with Crippen LogP contribution in [0.3, 0.4) is 0 Å². The fourth-order valence-corrected chi connectivity index (χ4v) is 1.48. The third-order valence-corrected chi connectivity index (χ3v) is 2.50. The van der Waals surface area contributed by atoms with Crippen molar-refractivity contribution in [2.45, 2.75) is 6.18 Å². The Kier molecular flexibility index (Phi) is 3.66. The number of carbonyl (C=O) groups excluding carboxylic acids is 1. The van der Waals surface area contributed by atoms with Gasteiger partial charge in [0.25, 0.3) is 5.91 Å². The predicted molar refractivity (Wildman–Crippen MR) is 69.7 cm³/mol. The number of pyridine rings is 2. The van der Waals surface area contributed by atoms with Gasteiger partial charge in [-0.25, -0.2) is 9.97 Å². The van der Waals surface area contributed by atoms with E-state index in [-0.39, 0.29) is 22.9 Å². The number of amides is 1. The van der Waals surface area contributed by atoms with Gasteiger partial charge < -0.3 is 16.8 Å². The zero-order valence-electron chi connectivity index (χ0n) is 10.5. The van der Waals surface area contributed by atoms with Crippen LogP contribution in [0.5, 0.6) is 0 Å². The quantitative estimate of drug-likeness (QED) is 0.802. The van der Waals surface area contributed by atoms with Crippen molar-refractivity contribution in [3.05, 3.63) is 41.9 Å². The summed E-state index contributed by atoms with van der Waals surface area (Å²) in [7, 11) is 0. The van der Waals surface area contributed by atoms with E-state index in [2.05, 4.69) is 15.3 Å². The second-order valence-corrected chi connectivity index (χ2v) is 4.05. The van der Waals surface area contributed by atoms with E-state index in [1.165, 1.54) is 18.2 Å². The van der Waals surface area contributed by atoms with Crippen LogP contribution in [-0.2, 0) is 6.18 Å². The molecular formula is C12H10F3N5O. The maximum absolute atomic E-state index is 12.4. The lowest BCUT2D eigenvalue weighted by Crippen LogP contribution is -2.14. The van der Waals surface area contributed by atoms with E-state index in [1.807, 2.05) is 0 Å². The van der Waals surface area contributed by atoms with Crippen LogP contribution in [0.25, 0.3) is 0 Å². The van der Waals surface area contributed by atoms with Crippen LogP contribution in [0, 0.1) is 0 Å². The average Bonchev–Trinajstić information content (AvgIpc) is 2.40. The molecule has 110 valence electrons. The number of primary amides is 1. The van der Waals surface area contributed by atoms with Gasteiger partial charge in [-0.05, 0) is 24.3 Å². The number of hydrogen-bond acceptors (Lipinski definition) is 5. The summed E-state index contributed by atoms with van der Waals surface area (Å²) in [5, 5.41) is 2.67. The second-order valence-electron chi connectivity index (χ2n) is 4.05. The lowest BCUT2D eigenvalue weighted by Gasteiger charge is -2.10. The fourth-order valence-electron chi connectivity index (χ4n) is 1.48. The van der Waals surface area contributed by atoms with Gasteiger partial charge in [0, 0.05) is 0 Å². The van der Waals surface area contributed by atoms with E-state index < -0.39 is 17.8 Å². The summed E-state index contributed by atoms with van der Waals surface area (Å²) in [6.07, 6.45) is -3.53. The number of nitrogens with two attached hydrogens (primary N) is 2. The topological polar surface area (TPSA) is 107 Å². The molecule has 0 bridgehead atoms. The summed E-state index contributed by atoms with van der Waals surface area (Å²) >= 11 is 0. The van der Waals surface area contributed by atoms with Crippen LogP contribution >= 0.6 is 0 Å². The molecule has 0 aliphatic rings. The first-order valence-corrected chi connectivity index (χ1v) is 5.64. The van der Waals surface area contributed by atoms with Gasteiger partial charge in [-0.2, -0.15) is 13.2 Å². The lowest BCUT2D eigenvalue weighted by molar-refractivity contribution is -0.141. The van der Waals surface area contributed by atoms with Crippen molar-refractivity contribution in [2.24, 2.45) is 5.73 Å². The van der Waals surface area contributed by atoms with Gasteiger partial charge in [-0.15, -0.1) is 0 Å². The molecule has 0 atom stereocenters. The summed E-state index contributed by atoms with van der Waals surface area (Å²) in [5.74, 6) is -0.642. The van der Waals surface area contributed by atoms with Crippen molar-refractivity contribution in [3.8, 4) is 0 Å². The van der Waals surface area contributed by atoms with Crippen molar-refractivity contribution in [1.82, 2.24) is 9.97 Å². The molecule has 2 aromatic rings. The van der Waals surface area contributed by atoms with Gasteiger partial charge in [0.1, 0.15) is 11.4 Å². The van der Waals surface area contributed by atoms with Gasteiger partial charge in [0.05, 0.1) is 17.6 Å². The molecule has 0 saturated heterocycles. The zero-order chi connectivity index (χ0) is 15.6. The third-order valence-electron chi connectivity index (χ3n) is 2.50. The zero-order valence-corrected chi connectivity index (χ0v) is 10.5. The van der Waals surface area contributed by atoms with E-state index in [4.69, 9.17) is 11.5 Å². The molecule has 2 rings (SSSR count). The maximum atomic E-state index is 12.4. The van der Waals surface area contributed by atoms with Gasteiger partial charge in [-0.3, -0.25) is 4.79 Å². The number of nitrogens with zero attached hydrogens (tertiary/aromatic N) is 2. The molecule has 2 heterocycles. The molecule has 0 radical (unpaired) electrons. The summed E-state index contributed by atoms with van der Waals surface area (Å²) in [6, 6.07) is 4.74. The second kappa shape index (κ2) is 5.27. The Morgan fingerprint density at radius 1 is 1.19 bits per heavy atom. The van der Waals surface area contributed by atoms with Crippen LogP contribution in [0.2, 0.25) is 0 Å². The minimum absolute atomic E-state index is 0.0217. The van der Waals surface area contributed by atoms with E-state index in [9.17, 15) is 18.0 Å². The molecule has 0 saturated carbocycles. The Labute approximate surface area is 117 Å². The molecule has 0 fully saturated rings. The minimum atomic E-state index is -4.51. The molecule has 6 nitrogen and oxygen atoms in total. The Balaban J connectivity index is 2.26. The number of carbonyl (C=O) groups is 1. The first-order valence-electron chi connectivity index (χ1n) is 5.64. The van der Waals surface area contributed by atoms with Crippen molar-refractivity contribution in [1.29, 1.82) is 0 Å². The number of hydrogen-bond donors (Lipinski definition) is 3. The van der Waals surface area contributed by atoms with Crippen molar-refractivity contribution < 1.29 is 18.0 Å². The molecule has 0 unspecified atom stereocenters. The molecule has 0 spiro atoms. The van der Waals surface area contributed by atoms with Crippen LogP contribution in [-0.4, -0.2) is 15.9 Å². The first-order chi connectivity index (χ1) is 9.77. The highest BCUT2D eigenvalue weighted by molar-refractivity contribution is 5.92. The first kappa shape index (κ1) is 14.6. The fraction of sp³-hybridized carbons (Fsp3) is 0.0833. The summed E-state index contributed by atoms with van der Waals surface area (Å²) in [4.78, 5) is 18.2. The Morgan fingerprint density at radius 3 is 2.43 bits per heavy atom. The van der Waals surface area contributed by atoms with Crippen LogP contribution in [0.15, 0.2) is 30.5 Å². The van der Waals surface area contributed by atoms with E-state index in [0.717, 1.165) is 12.3 Å². The van der Waals surface area contributed by atoms with Crippen LogP contribution < -0.4 is 16.8 Å². The number of alkyl halides is 3. The number of anilines is 3. The van der Waals surface area contributed by atoms with Crippen molar-refractivity contribution in [3.63, 3.8) is 0 Å². The van der Waals surface area contributed by atoms with E-state index in [0.29, 0.717) is 0 Å².